The molecule has 0 amide bonds. The van der Waals surface area contributed by atoms with Gasteiger partial charge >= 0.3 is 0 Å². The fourth-order valence-corrected chi connectivity index (χ4v) is 2.70. The van der Waals surface area contributed by atoms with Crippen LogP contribution < -0.4 is 0 Å². The van der Waals surface area contributed by atoms with Crippen LogP contribution in [-0.4, -0.2) is 26.4 Å². The number of aliphatic hydroxyl groups is 1. The van der Waals surface area contributed by atoms with E-state index < -0.39 is 9.84 Å². The molecule has 0 aliphatic heterocycles. The van der Waals surface area contributed by atoms with Crippen LogP contribution in [0.25, 0.3) is 0 Å². The van der Waals surface area contributed by atoms with Gasteiger partial charge in [-0.2, -0.15) is 0 Å². The molecule has 1 unspecified atom stereocenters. The van der Waals surface area contributed by atoms with Crippen LogP contribution in [0.1, 0.15) is 29.5 Å². The van der Waals surface area contributed by atoms with E-state index >= 15 is 0 Å². The second kappa shape index (κ2) is 4.55. The molecule has 16 heavy (non-hydrogen) atoms. The number of hydrogen-bond donors (Lipinski definition) is 1. The summed E-state index contributed by atoms with van der Waals surface area (Å²) in [5.41, 5.74) is 2.70. The minimum atomic E-state index is -3.24. The van der Waals surface area contributed by atoms with Crippen LogP contribution in [0, 0.1) is 13.8 Å². The molecule has 90 valence electrons. The van der Waals surface area contributed by atoms with Gasteiger partial charge in [-0.25, -0.2) is 8.42 Å². The van der Waals surface area contributed by atoms with Gasteiger partial charge in [-0.05, 0) is 36.6 Å². The van der Waals surface area contributed by atoms with Crippen LogP contribution >= 0.6 is 0 Å². The van der Waals surface area contributed by atoms with Crippen molar-refractivity contribution in [3.63, 3.8) is 0 Å². The molecule has 0 fully saturated rings. The minimum absolute atomic E-state index is 0.0506. The summed E-state index contributed by atoms with van der Waals surface area (Å²) in [5.74, 6) is -0.163. The summed E-state index contributed by atoms with van der Waals surface area (Å²) in [7, 11) is -3.24. The number of hydrogen-bond acceptors (Lipinski definition) is 3. The Balaban J connectivity index is 3.52. The van der Waals surface area contributed by atoms with E-state index in [9.17, 15) is 8.42 Å². The van der Waals surface area contributed by atoms with Crippen LogP contribution in [0.5, 0.6) is 0 Å². The zero-order valence-electron chi connectivity index (χ0n) is 10.1. The van der Waals surface area contributed by atoms with E-state index in [2.05, 4.69) is 0 Å². The predicted octanol–water partition coefficient (Wildman–Crippen LogP) is 1.80. The molecule has 0 aliphatic carbocycles. The summed E-state index contributed by atoms with van der Waals surface area (Å²) in [4.78, 5) is 0.331. The van der Waals surface area contributed by atoms with Gasteiger partial charge in [0.2, 0.25) is 0 Å². The normalized spacial score (nSPS) is 13.8. The summed E-state index contributed by atoms with van der Waals surface area (Å²) in [5, 5.41) is 9.14. The maximum absolute atomic E-state index is 11.7. The van der Waals surface area contributed by atoms with Crippen molar-refractivity contribution in [3.8, 4) is 0 Å². The first kappa shape index (κ1) is 13.2. The van der Waals surface area contributed by atoms with Crippen molar-refractivity contribution >= 4 is 9.84 Å². The number of sulfone groups is 1. The number of rotatable bonds is 3. The molecule has 0 heterocycles. The Bertz CT molecular complexity index is 489. The summed E-state index contributed by atoms with van der Waals surface area (Å²) < 4.78 is 23.3. The minimum Gasteiger partial charge on any atom is -0.396 e. The summed E-state index contributed by atoms with van der Waals surface area (Å²) in [6.45, 7) is 5.59. The zero-order chi connectivity index (χ0) is 12.5. The lowest BCUT2D eigenvalue weighted by molar-refractivity contribution is 0.271. The SMILES string of the molecule is Cc1cc(C(C)CO)c(S(C)(=O)=O)cc1C. The predicted molar refractivity (Wildman–Crippen MR) is 64.5 cm³/mol. The van der Waals surface area contributed by atoms with Gasteiger partial charge in [-0.3, -0.25) is 0 Å². The van der Waals surface area contributed by atoms with Crippen molar-refractivity contribution in [2.75, 3.05) is 12.9 Å². The Morgan fingerprint density at radius 1 is 1.25 bits per heavy atom. The van der Waals surface area contributed by atoms with Crippen LogP contribution in [0.15, 0.2) is 17.0 Å². The molecule has 4 heteroatoms. The van der Waals surface area contributed by atoms with E-state index in [1.54, 1.807) is 6.07 Å². The van der Waals surface area contributed by atoms with Gasteiger partial charge < -0.3 is 5.11 Å². The lowest BCUT2D eigenvalue weighted by atomic mass is 9.97. The quantitative estimate of drug-likeness (QED) is 0.879. The van der Waals surface area contributed by atoms with Crippen molar-refractivity contribution in [1.82, 2.24) is 0 Å². The number of aliphatic hydroxyl groups excluding tert-OH is 1. The maximum atomic E-state index is 11.7. The third-order valence-corrected chi connectivity index (χ3v) is 3.98. The van der Waals surface area contributed by atoms with E-state index in [-0.39, 0.29) is 12.5 Å². The highest BCUT2D eigenvalue weighted by atomic mass is 32.2. The Labute approximate surface area is 97.0 Å². The molecule has 0 aliphatic rings. The van der Waals surface area contributed by atoms with Crippen molar-refractivity contribution in [2.24, 2.45) is 0 Å². The molecule has 1 N–H and O–H groups in total. The second-order valence-electron chi connectivity index (χ2n) is 4.33. The summed E-state index contributed by atoms with van der Waals surface area (Å²) in [6.07, 6.45) is 1.20. The second-order valence-corrected chi connectivity index (χ2v) is 6.31. The third-order valence-electron chi connectivity index (χ3n) is 2.83. The number of benzene rings is 1. The van der Waals surface area contributed by atoms with Crippen molar-refractivity contribution in [3.05, 3.63) is 28.8 Å². The van der Waals surface area contributed by atoms with Crippen LogP contribution in [0.3, 0.4) is 0 Å². The Hall–Kier alpha value is -0.870. The number of aryl methyl sites for hydroxylation is 2. The summed E-state index contributed by atoms with van der Waals surface area (Å²) in [6, 6.07) is 3.54. The topological polar surface area (TPSA) is 54.4 Å². The van der Waals surface area contributed by atoms with E-state index in [1.807, 2.05) is 26.8 Å². The van der Waals surface area contributed by atoms with Crippen molar-refractivity contribution < 1.29 is 13.5 Å². The fourth-order valence-electron chi connectivity index (χ4n) is 1.62. The molecule has 1 aromatic rings. The van der Waals surface area contributed by atoms with Gasteiger partial charge in [-0.1, -0.05) is 13.0 Å². The average Bonchev–Trinajstić information content (AvgIpc) is 2.18. The molecular weight excluding hydrogens is 224 g/mol. The van der Waals surface area contributed by atoms with Crippen molar-refractivity contribution in [2.45, 2.75) is 31.6 Å². The van der Waals surface area contributed by atoms with E-state index in [0.717, 1.165) is 11.1 Å². The van der Waals surface area contributed by atoms with Gasteiger partial charge in [0.1, 0.15) is 0 Å². The Morgan fingerprint density at radius 3 is 2.19 bits per heavy atom. The Kier molecular flexibility index (Phi) is 3.76. The molecule has 0 saturated carbocycles. The first-order chi connectivity index (χ1) is 7.27. The van der Waals surface area contributed by atoms with E-state index in [0.29, 0.717) is 10.5 Å². The Morgan fingerprint density at radius 2 is 1.75 bits per heavy atom. The van der Waals surface area contributed by atoms with Gasteiger partial charge in [0.15, 0.2) is 9.84 Å². The molecule has 0 radical (unpaired) electrons. The van der Waals surface area contributed by atoms with Gasteiger partial charge in [-0.15, -0.1) is 0 Å². The third kappa shape index (κ3) is 2.62. The van der Waals surface area contributed by atoms with E-state index in [4.69, 9.17) is 5.11 Å². The highest BCUT2D eigenvalue weighted by Gasteiger charge is 2.18. The van der Waals surface area contributed by atoms with E-state index in [1.165, 1.54) is 6.26 Å². The maximum Gasteiger partial charge on any atom is 0.175 e. The smallest absolute Gasteiger partial charge is 0.175 e. The lowest BCUT2D eigenvalue weighted by Gasteiger charge is -2.15. The molecule has 0 aromatic heterocycles. The molecule has 0 saturated heterocycles. The highest BCUT2D eigenvalue weighted by molar-refractivity contribution is 7.90. The highest BCUT2D eigenvalue weighted by Crippen LogP contribution is 2.27. The fraction of sp³-hybridized carbons (Fsp3) is 0.500. The summed E-state index contributed by atoms with van der Waals surface area (Å²) >= 11 is 0. The molecular formula is C12H18O3S. The zero-order valence-corrected chi connectivity index (χ0v) is 10.9. The lowest BCUT2D eigenvalue weighted by Crippen LogP contribution is -2.09. The van der Waals surface area contributed by atoms with Crippen LogP contribution in [0.2, 0.25) is 0 Å². The standard InChI is InChI=1S/C12H18O3S/c1-8-5-11(10(3)7-13)12(6-9(8)2)16(4,14)15/h5-6,10,13H,7H2,1-4H3. The molecule has 1 atom stereocenters. The monoisotopic (exact) mass is 242 g/mol. The van der Waals surface area contributed by atoms with Gasteiger partial charge in [0.05, 0.1) is 4.90 Å². The average molecular weight is 242 g/mol. The largest absolute Gasteiger partial charge is 0.396 e. The molecule has 3 nitrogen and oxygen atoms in total. The molecule has 1 aromatic carbocycles. The molecule has 0 bridgehead atoms. The van der Waals surface area contributed by atoms with Crippen LogP contribution in [0.4, 0.5) is 0 Å². The van der Waals surface area contributed by atoms with Crippen molar-refractivity contribution in [1.29, 1.82) is 0 Å². The first-order valence-electron chi connectivity index (χ1n) is 5.19. The van der Waals surface area contributed by atoms with Crippen LogP contribution in [-0.2, 0) is 9.84 Å². The first-order valence-corrected chi connectivity index (χ1v) is 7.08. The van der Waals surface area contributed by atoms with Gasteiger partial charge in [0.25, 0.3) is 0 Å². The van der Waals surface area contributed by atoms with Gasteiger partial charge in [0, 0.05) is 18.8 Å². The molecule has 1 rings (SSSR count). The molecule has 0 spiro atoms.